The maximum atomic E-state index is 12.5. The molecule has 2 heterocycles. The smallest absolute Gasteiger partial charge is 0.275 e. The zero-order valence-corrected chi connectivity index (χ0v) is 14.3. The molecule has 0 radical (unpaired) electrons. The highest BCUT2D eigenvalue weighted by molar-refractivity contribution is 7.15. The summed E-state index contributed by atoms with van der Waals surface area (Å²) < 4.78 is 1.28. The van der Waals surface area contributed by atoms with Crippen molar-refractivity contribution >= 4 is 22.2 Å². The van der Waals surface area contributed by atoms with Crippen LogP contribution in [0.3, 0.4) is 0 Å². The quantitative estimate of drug-likeness (QED) is 0.883. The molecule has 0 aliphatic heterocycles. The van der Waals surface area contributed by atoms with Gasteiger partial charge in [0.2, 0.25) is 5.88 Å². The van der Waals surface area contributed by atoms with Gasteiger partial charge in [0.15, 0.2) is 10.5 Å². The average Bonchev–Trinajstić information content (AvgIpc) is 2.84. The van der Waals surface area contributed by atoms with Crippen LogP contribution in [-0.4, -0.2) is 26.4 Å². The van der Waals surface area contributed by atoms with Crippen molar-refractivity contribution in [1.29, 1.82) is 0 Å². The van der Waals surface area contributed by atoms with Crippen LogP contribution in [0.4, 0.5) is 0 Å². The first kappa shape index (κ1) is 16.0. The number of nitrogens with one attached hydrogen (secondary N) is 1. The second kappa shape index (κ2) is 5.63. The molecule has 0 bridgehead atoms. The molecule has 0 saturated heterocycles. The molecule has 2 N–H and O–H groups in total. The van der Waals surface area contributed by atoms with Crippen molar-refractivity contribution in [1.82, 2.24) is 14.7 Å². The summed E-state index contributed by atoms with van der Waals surface area (Å²) in [5.74, 6) is -0.537. The molecular weight excluding hydrogens is 314 g/mol. The van der Waals surface area contributed by atoms with Gasteiger partial charge in [-0.25, -0.2) is 0 Å². The number of amides is 1. The Balaban J connectivity index is 1.88. The molecule has 7 heteroatoms. The third-order valence-corrected chi connectivity index (χ3v) is 5.15. The van der Waals surface area contributed by atoms with E-state index in [1.165, 1.54) is 15.7 Å². The fourth-order valence-electron chi connectivity index (χ4n) is 3.78. The van der Waals surface area contributed by atoms with Crippen LogP contribution in [0.2, 0.25) is 0 Å². The zero-order valence-electron chi connectivity index (χ0n) is 13.5. The van der Waals surface area contributed by atoms with Gasteiger partial charge < -0.3 is 10.4 Å². The molecule has 0 unspecified atom stereocenters. The van der Waals surface area contributed by atoms with Crippen molar-refractivity contribution in [3.63, 3.8) is 0 Å². The lowest BCUT2D eigenvalue weighted by Gasteiger charge is -2.39. The molecule has 1 aliphatic carbocycles. The first-order chi connectivity index (χ1) is 10.8. The number of carbonyl (C=O) groups is 1. The van der Waals surface area contributed by atoms with Crippen LogP contribution in [0, 0.1) is 11.3 Å². The van der Waals surface area contributed by atoms with E-state index in [1.807, 2.05) is 0 Å². The predicted molar refractivity (Wildman–Crippen MR) is 89.1 cm³/mol. The van der Waals surface area contributed by atoms with Gasteiger partial charge in [0, 0.05) is 17.6 Å². The molecule has 1 saturated carbocycles. The lowest BCUT2D eigenvalue weighted by atomic mass is 9.70. The standard InChI is InChI=1S/C16H21N3O3S/c1-9-6-10(8-16(2,3)7-9)17-12(20)11-13(21)18-15-19(14(11)22)4-5-23-15/h4-5,9-10,21H,6-8H2,1-3H3,(H,17,20)/t9-,10+/m0/s1. The maximum absolute atomic E-state index is 12.5. The van der Waals surface area contributed by atoms with Gasteiger partial charge >= 0.3 is 0 Å². The van der Waals surface area contributed by atoms with Gasteiger partial charge in [0.25, 0.3) is 11.5 Å². The van der Waals surface area contributed by atoms with E-state index in [1.54, 1.807) is 11.6 Å². The highest BCUT2D eigenvalue weighted by Gasteiger charge is 2.33. The summed E-state index contributed by atoms with van der Waals surface area (Å²) in [6.45, 7) is 6.55. The lowest BCUT2D eigenvalue weighted by Crippen LogP contribution is -2.44. The minimum atomic E-state index is -0.546. The summed E-state index contributed by atoms with van der Waals surface area (Å²) in [4.78, 5) is 29.2. The van der Waals surface area contributed by atoms with Crippen molar-refractivity contribution < 1.29 is 9.90 Å². The Kier molecular flexibility index (Phi) is 3.91. The van der Waals surface area contributed by atoms with E-state index in [0.29, 0.717) is 10.9 Å². The Morgan fingerprint density at radius 2 is 2.22 bits per heavy atom. The number of fused-ring (bicyclic) bond motifs is 1. The number of hydrogen-bond acceptors (Lipinski definition) is 5. The first-order valence-corrected chi connectivity index (χ1v) is 8.64. The Bertz CT molecular complexity index is 808. The molecule has 1 aliphatic rings. The summed E-state index contributed by atoms with van der Waals surface area (Å²) in [5, 5.41) is 14.6. The molecule has 3 rings (SSSR count). The molecule has 6 nitrogen and oxygen atoms in total. The summed E-state index contributed by atoms with van der Waals surface area (Å²) in [6.07, 6.45) is 4.41. The number of rotatable bonds is 2. The highest BCUT2D eigenvalue weighted by atomic mass is 32.1. The Labute approximate surface area is 138 Å². The number of nitrogens with zero attached hydrogens (tertiary/aromatic N) is 2. The van der Waals surface area contributed by atoms with E-state index in [4.69, 9.17) is 0 Å². The Morgan fingerprint density at radius 3 is 2.91 bits per heavy atom. The monoisotopic (exact) mass is 335 g/mol. The van der Waals surface area contributed by atoms with Gasteiger partial charge in [-0.05, 0) is 30.6 Å². The third-order valence-electron chi connectivity index (χ3n) is 4.40. The van der Waals surface area contributed by atoms with Crippen molar-refractivity contribution in [2.24, 2.45) is 11.3 Å². The summed E-state index contributed by atoms with van der Waals surface area (Å²) in [6, 6.07) is 0.00298. The van der Waals surface area contributed by atoms with Crippen molar-refractivity contribution in [2.75, 3.05) is 0 Å². The number of aromatic nitrogens is 2. The van der Waals surface area contributed by atoms with Gasteiger partial charge in [-0.15, -0.1) is 11.3 Å². The van der Waals surface area contributed by atoms with Gasteiger partial charge in [0.1, 0.15) is 0 Å². The fraction of sp³-hybridized carbons (Fsp3) is 0.562. The predicted octanol–water partition coefficient (Wildman–Crippen LogP) is 2.41. The molecule has 0 spiro atoms. The number of carbonyl (C=O) groups excluding carboxylic acids is 1. The molecule has 124 valence electrons. The molecule has 1 fully saturated rings. The van der Waals surface area contributed by atoms with Crippen LogP contribution in [-0.2, 0) is 0 Å². The van der Waals surface area contributed by atoms with E-state index in [9.17, 15) is 14.7 Å². The van der Waals surface area contributed by atoms with Crippen LogP contribution in [0.25, 0.3) is 4.96 Å². The van der Waals surface area contributed by atoms with Crippen molar-refractivity contribution in [3.8, 4) is 5.88 Å². The number of aromatic hydroxyl groups is 1. The zero-order chi connectivity index (χ0) is 16.8. The van der Waals surface area contributed by atoms with Gasteiger partial charge in [-0.2, -0.15) is 4.98 Å². The van der Waals surface area contributed by atoms with Gasteiger partial charge in [-0.1, -0.05) is 20.8 Å². The summed E-state index contributed by atoms with van der Waals surface area (Å²) in [7, 11) is 0. The van der Waals surface area contributed by atoms with Crippen LogP contribution < -0.4 is 10.9 Å². The maximum Gasteiger partial charge on any atom is 0.275 e. The number of hydrogen-bond donors (Lipinski definition) is 2. The van der Waals surface area contributed by atoms with E-state index in [-0.39, 0.29) is 17.0 Å². The average molecular weight is 335 g/mol. The fourth-order valence-corrected chi connectivity index (χ4v) is 4.48. The minimum absolute atomic E-state index is 0.00298. The van der Waals surface area contributed by atoms with Gasteiger partial charge in [-0.3, -0.25) is 14.0 Å². The molecule has 23 heavy (non-hydrogen) atoms. The van der Waals surface area contributed by atoms with Crippen LogP contribution in [0.15, 0.2) is 16.4 Å². The van der Waals surface area contributed by atoms with E-state index < -0.39 is 17.3 Å². The lowest BCUT2D eigenvalue weighted by molar-refractivity contribution is 0.0869. The molecule has 2 aromatic heterocycles. The second-order valence-corrected chi connectivity index (χ2v) is 8.13. The molecular formula is C16H21N3O3S. The van der Waals surface area contributed by atoms with E-state index in [0.717, 1.165) is 19.3 Å². The van der Waals surface area contributed by atoms with Crippen LogP contribution >= 0.6 is 11.3 Å². The molecule has 2 atom stereocenters. The first-order valence-electron chi connectivity index (χ1n) is 7.76. The number of thiazole rings is 1. The van der Waals surface area contributed by atoms with Crippen molar-refractivity contribution in [2.45, 2.75) is 46.1 Å². The minimum Gasteiger partial charge on any atom is -0.492 e. The van der Waals surface area contributed by atoms with E-state index >= 15 is 0 Å². The molecule has 2 aromatic rings. The Hall–Kier alpha value is -1.89. The van der Waals surface area contributed by atoms with Gasteiger partial charge in [0.05, 0.1) is 0 Å². The van der Waals surface area contributed by atoms with Crippen LogP contribution in [0.5, 0.6) is 5.88 Å². The van der Waals surface area contributed by atoms with Crippen LogP contribution in [0.1, 0.15) is 50.4 Å². The molecule has 0 aromatic carbocycles. The second-order valence-electron chi connectivity index (χ2n) is 7.25. The highest BCUT2D eigenvalue weighted by Crippen LogP contribution is 2.38. The molecule has 1 amide bonds. The SMILES string of the molecule is C[C@H]1C[C@@H](NC(=O)c2c(O)nc3sccn3c2=O)CC(C)(C)C1. The topological polar surface area (TPSA) is 83.7 Å². The third kappa shape index (κ3) is 3.10. The van der Waals surface area contributed by atoms with Crippen molar-refractivity contribution in [3.05, 3.63) is 27.5 Å². The van der Waals surface area contributed by atoms with E-state index in [2.05, 4.69) is 31.1 Å². The Morgan fingerprint density at radius 1 is 1.48 bits per heavy atom. The largest absolute Gasteiger partial charge is 0.492 e. The normalized spacial score (nSPS) is 23.8. The summed E-state index contributed by atoms with van der Waals surface area (Å²) >= 11 is 1.23. The summed E-state index contributed by atoms with van der Waals surface area (Å²) in [5.41, 5.74) is -0.659.